The largest absolute Gasteiger partial charge is 0.353 e. The van der Waals surface area contributed by atoms with Crippen molar-refractivity contribution < 1.29 is 9.72 Å². The van der Waals surface area contributed by atoms with Crippen molar-refractivity contribution in [1.82, 2.24) is 5.32 Å². The van der Waals surface area contributed by atoms with Crippen molar-refractivity contribution in [1.29, 1.82) is 0 Å². The molecular formula is C13H16N2O3. The van der Waals surface area contributed by atoms with Gasteiger partial charge in [-0.1, -0.05) is 25.5 Å². The molecule has 0 spiro atoms. The van der Waals surface area contributed by atoms with E-state index < -0.39 is 4.92 Å². The zero-order valence-electron chi connectivity index (χ0n) is 10.3. The monoisotopic (exact) mass is 248 g/mol. The van der Waals surface area contributed by atoms with Crippen molar-refractivity contribution in [2.75, 3.05) is 6.54 Å². The van der Waals surface area contributed by atoms with E-state index in [4.69, 9.17) is 0 Å². The molecule has 0 saturated heterocycles. The van der Waals surface area contributed by atoms with E-state index in [0.29, 0.717) is 12.1 Å². The summed E-state index contributed by atoms with van der Waals surface area (Å²) >= 11 is 0. The van der Waals surface area contributed by atoms with Crippen LogP contribution >= 0.6 is 0 Å². The molecule has 0 bridgehead atoms. The van der Waals surface area contributed by atoms with E-state index in [1.54, 1.807) is 18.2 Å². The number of nitro groups is 1. The number of nitrogens with zero attached hydrogens (tertiary/aromatic N) is 1. The highest BCUT2D eigenvalue weighted by atomic mass is 16.6. The summed E-state index contributed by atoms with van der Waals surface area (Å²) in [6.07, 6.45) is 4.91. The molecule has 0 atom stereocenters. The number of carbonyl (C=O) groups excluding carboxylic acids is 1. The average molecular weight is 248 g/mol. The molecule has 5 nitrogen and oxygen atoms in total. The quantitative estimate of drug-likeness (QED) is 0.364. The molecule has 96 valence electrons. The van der Waals surface area contributed by atoms with E-state index in [2.05, 4.69) is 5.32 Å². The molecule has 5 heteroatoms. The van der Waals surface area contributed by atoms with Gasteiger partial charge in [0.2, 0.25) is 5.91 Å². The number of hydrogen-bond acceptors (Lipinski definition) is 3. The molecule has 0 unspecified atom stereocenters. The minimum atomic E-state index is -0.460. The molecule has 0 aliphatic heterocycles. The van der Waals surface area contributed by atoms with E-state index in [1.165, 1.54) is 18.2 Å². The standard InChI is InChI=1S/C13H16N2O3/c1-2-3-9-14-13(16)8-7-11-5-4-6-12(10-11)15(17)18/h4-8,10H,2-3,9H2,1H3,(H,14,16)/b8-7+. The third-order valence-electron chi connectivity index (χ3n) is 2.34. The molecule has 1 amide bonds. The third-order valence-corrected chi connectivity index (χ3v) is 2.34. The molecule has 0 aromatic heterocycles. The van der Waals surface area contributed by atoms with Gasteiger partial charge in [0.25, 0.3) is 5.69 Å². The summed E-state index contributed by atoms with van der Waals surface area (Å²) < 4.78 is 0. The van der Waals surface area contributed by atoms with Gasteiger partial charge < -0.3 is 5.32 Å². The van der Waals surface area contributed by atoms with E-state index >= 15 is 0 Å². The first kappa shape index (κ1) is 13.9. The summed E-state index contributed by atoms with van der Waals surface area (Å²) in [5.41, 5.74) is 0.651. The third kappa shape index (κ3) is 4.78. The van der Waals surface area contributed by atoms with Crippen molar-refractivity contribution in [2.45, 2.75) is 19.8 Å². The Morgan fingerprint density at radius 2 is 2.28 bits per heavy atom. The highest BCUT2D eigenvalue weighted by molar-refractivity contribution is 5.91. The Morgan fingerprint density at radius 1 is 1.50 bits per heavy atom. The van der Waals surface area contributed by atoms with Gasteiger partial charge in [0.15, 0.2) is 0 Å². The Kier molecular flexibility index (Phi) is 5.57. The fourth-order valence-electron chi connectivity index (χ4n) is 1.36. The van der Waals surface area contributed by atoms with Gasteiger partial charge in [-0.05, 0) is 18.1 Å². The molecule has 0 aliphatic rings. The van der Waals surface area contributed by atoms with Crippen molar-refractivity contribution >= 4 is 17.7 Å². The number of nitro benzene ring substituents is 1. The van der Waals surface area contributed by atoms with Gasteiger partial charge in [-0.25, -0.2) is 0 Å². The number of non-ortho nitro benzene ring substituents is 1. The highest BCUT2D eigenvalue weighted by Gasteiger charge is 2.03. The molecule has 1 N–H and O–H groups in total. The lowest BCUT2D eigenvalue weighted by Gasteiger charge is -1.99. The van der Waals surface area contributed by atoms with Gasteiger partial charge in [0.05, 0.1) is 4.92 Å². The van der Waals surface area contributed by atoms with Crippen LogP contribution in [0.4, 0.5) is 5.69 Å². The first-order chi connectivity index (χ1) is 8.63. The molecule has 0 heterocycles. The Labute approximate surface area is 106 Å². The molecule has 0 saturated carbocycles. The normalized spacial score (nSPS) is 10.5. The second-order valence-electron chi connectivity index (χ2n) is 3.83. The maximum Gasteiger partial charge on any atom is 0.270 e. The Hall–Kier alpha value is -2.17. The first-order valence-corrected chi connectivity index (χ1v) is 5.84. The van der Waals surface area contributed by atoms with Gasteiger partial charge in [-0.2, -0.15) is 0 Å². The number of rotatable bonds is 6. The fraction of sp³-hybridized carbons (Fsp3) is 0.308. The molecule has 1 rings (SSSR count). The summed E-state index contributed by atoms with van der Waals surface area (Å²) in [6, 6.07) is 6.14. The van der Waals surface area contributed by atoms with Crippen molar-refractivity contribution in [3.05, 3.63) is 46.0 Å². The number of unbranched alkanes of at least 4 members (excludes halogenated alkanes) is 1. The van der Waals surface area contributed by atoms with Crippen LogP contribution in [0.2, 0.25) is 0 Å². The van der Waals surface area contributed by atoms with Crippen LogP contribution in [-0.4, -0.2) is 17.4 Å². The summed E-state index contributed by atoms with van der Waals surface area (Å²) in [7, 11) is 0. The number of carbonyl (C=O) groups is 1. The second-order valence-corrected chi connectivity index (χ2v) is 3.83. The first-order valence-electron chi connectivity index (χ1n) is 5.84. The minimum Gasteiger partial charge on any atom is -0.353 e. The van der Waals surface area contributed by atoms with Gasteiger partial charge in [0.1, 0.15) is 0 Å². The van der Waals surface area contributed by atoms with Crippen LogP contribution in [0, 0.1) is 10.1 Å². The predicted molar refractivity (Wildman–Crippen MR) is 70.0 cm³/mol. The van der Waals surface area contributed by atoms with E-state index in [-0.39, 0.29) is 11.6 Å². The number of hydrogen-bond donors (Lipinski definition) is 1. The molecular weight excluding hydrogens is 232 g/mol. The lowest BCUT2D eigenvalue weighted by Crippen LogP contribution is -2.21. The van der Waals surface area contributed by atoms with Crippen LogP contribution in [-0.2, 0) is 4.79 Å². The van der Waals surface area contributed by atoms with Gasteiger partial charge >= 0.3 is 0 Å². The SMILES string of the molecule is CCCCNC(=O)/C=C/c1cccc([N+](=O)[O-])c1. The molecule has 1 aromatic carbocycles. The lowest BCUT2D eigenvalue weighted by atomic mass is 10.2. The molecule has 18 heavy (non-hydrogen) atoms. The van der Waals surface area contributed by atoms with Crippen molar-refractivity contribution in [3.8, 4) is 0 Å². The lowest BCUT2D eigenvalue weighted by molar-refractivity contribution is -0.384. The number of benzene rings is 1. The van der Waals surface area contributed by atoms with Crippen molar-refractivity contribution in [2.24, 2.45) is 0 Å². The fourth-order valence-corrected chi connectivity index (χ4v) is 1.36. The molecule has 1 aromatic rings. The Balaban J connectivity index is 2.58. The number of amides is 1. The van der Waals surface area contributed by atoms with Crippen LogP contribution in [0.5, 0.6) is 0 Å². The predicted octanol–water partition coefficient (Wildman–Crippen LogP) is 2.52. The van der Waals surface area contributed by atoms with Gasteiger partial charge in [0, 0.05) is 24.8 Å². The Morgan fingerprint density at radius 3 is 2.94 bits per heavy atom. The summed E-state index contributed by atoms with van der Waals surface area (Å²) in [5.74, 6) is -0.185. The zero-order valence-corrected chi connectivity index (χ0v) is 10.3. The topological polar surface area (TPSA) is 72.2 Å². The van der Waals surface area contributed by atoms with Crippen LogP contribution in [0.3, 0.4) is 0 Å². The molecule has 0 aliphatic carbocycles. The van der Waals surface area contributed by atoms with E-state index in [9.17, 15) is 14.9 Å². The van der Waals surface area contributed by atoms with Gasteiger partial charge in [-0.3, -0.25) is 14.9 Å². The van der Waals surface area contributed by atoms with Crippen LogP contribution in [0.1, 0.15) is 25.3 Å². The van der Waals surface area contributed by atoms with Crippen molar-refractivity contribution in [3.63, 3.8) is 0 Å². The summed E-state index contributed by atoms with van der Waals surface area (Å²) in [5, 5.41) is 13.3. The minimum absolute atomic E-state index is 0.0172. The summed E-state index contributed by atoms with van der Waals surface area (Å²) in [4.78, 5) is 21.5. The second kappa shape index (κ2) is 7.21. The Bertz CT molecular complexity index is 455. The maximum atomic E-state index is 11.4. The van der Waals surface area contributed by atoms with Crippen LogP contribution < -0.4 is 5.32 Å². The molecule has 0 radical (unpaired) electrons. The average Bonchev–Trinajstić information content (AvgIpc) is 2.37. The summed E-state index contributed by atoms with van der Waals surface area (Å²) in [6.45, 7) is 2.69. The zero-order chi connectivity index (χ0) is 13.4. The van der Waals surface area contributed by atoms with E-state index in [1.807, 2.05) is 6.92 Å². The van der Waals surface area contributed by atoms with Gasteiger partial charge in [-0.15, -0.1) is 0 Å². The van der Waals surface area contributed by atoms with E-state index in [0.717, 1.165) is 12.8 Å². The van der Waals surface area contributed by atoms with Crippen LogP contribution in [0.15, 0.2) is 30.3 Å². The molecule has 0 fully saturated rings. The smallest absolute Gasteiger partial charge is 0.270 e. The number of nitrogens with one attached hydrogen (secondary N) is 1. The van der Waals surface area contributed by atoms with Crippen LogP contribution in [0.25, 0.3) is 6.08 Å². The highest BCUT2D eigenvalue weighted by Crippen LogP contribution is 2.13. The maximum absolute atomic E-state index is 11.4.